The van der Waals surface area contributed by atoms with Gasteiger partial charge in [-0.1, -0.05) is 57.1 Å². The first kappa shape index (κ1) is 26.1. The number of halogens is 3. The van der Waals surface area contributed by atoms with Gasteiger partial charge in [-0.2, -0.15) is 24.9 Å². The zero-order valence-electron chi connectivity index (χ0n) is 18.6. The van der Waals surface area contributed by atoms with Crippen LogP contribution in [0.3, 0.4) is 0 Å². The number of unbranched alkanes of at least 4 members (excludes halogenated alkanes) is 3. The third-order valence-corrected chi connectivity index (χ3v) is 7.90. The lowest BCUT2D eigenvalue weighted by Crippen LogP contribution is -2.12. The van der Waals surface area contributed by atoms with E-state index >= 15 is 0 Å². The van der Waals surface area contributed by atoms with Gasteiger partial charge in [-0.05, 0) is 67.9 Å². The largest absolute Gasteiger partial charge is 0.481 e. The maximum atomic E-state index is 12.7. The maximum Gasteiger partial charge on any atom is 0.416 e. The van der Waals surface area contributed by atoms with Crippen LogP contribution in [0.4, 0.5) is 13.2 Å². The predicted octanol–water partition coefficient (Wildman–Crippen LogP) is 7.99. The van der Waals surface area contributed by atoms with Gasteiger partial charge < -0.3 is 5.11 Å². The van der Waals surface area contributed by atoms with Crippen LogP contribution in [-0.2, 0) is 17.4 Å². The second-order valence-electron chi connectivity index (χ2n) is 8.97. The first-order valence-corrected chi connectivity index (χ1v) is 13.0. The van der Waals surface area contributed by atoms with Gasteiger partial charge >= 0.3 is 12.1 Å². The number of alkyl halides is 3. The fraction of sp³-hybridized carbons (Fsp3) is 0.720. The van der Waals surface area contributed by atoms with E-state index in [0.29, 0.717) is 5.25 Å². The lowest BCUT2D eigenvalue weighted by atomic mass is 9.86. The van der Waals surface area contributed by atoms with Crippen molar-refractivity contribution in [1.29, 1.82) is 0 Å². The molecule has 6 heteroatoms. The van der Waals surface area contributed by atoms with Crippen molar-refractivity contribution in [1.82, 2.24) is 0 Å². The summed E-state index contributed by atoms with van der Waals surface area (Å²) in [6.45, 7) is 0. The number of carboxylic acid groups (broad SMARTS) is 1. The quantitative estimate of drug-likeness (QED) is 0.287. The highest BCUT2D eigenvalue weighted by Crippen LogP contribution is 2.39. The monoisotopic (exact) mass is 458 g/mol. The minimum Gasteiger partial charge on any atom is -0.481 e. The summed E-state index contributed by atoms with van der Waals surface area (Å²) in [6, 6.07) is 5.61. The van der Waals surface area contributed by atoms with E-state index in [-0.39, 0.29) is 6.42 Å². The van der Waals surface area contributed by atoms with E-state index in [9.17, 15) is 18.0 Å². The fourth-order valence-electron chi connectivity index (χ4n) is 4.88. The summed E-state index contributed by atoms with van der Waals surface area (Å²) in [5.41, 5.74) is 0.403. The molecule has 2 nitrogen and oxygen atoms in total. The Morgan fingerprint density at radius 3 is 2.29 bits per heavy atom. The molecule has 0 aromatic heterocycles. The summed E-state index contributed by atoms with van der Waals surface area (Å²) in [5.74, 6) is 0.925. The van der Waals surface area contributed by atoms with Crippen molar-refractivity contribution in [2.45, 2.75) is 94.9 Å². The van der Waals surface area contributed by atoms with Crippen LogP contribution in [0.2, 0.25) is 0 Å². The van der Waals surface area contributed by atoms with E-state index in [1.807, 2.05) is 11.8 Å². The Bertz CT molecular complexity index is 645. The van der Waals surface area contributed by atoms with Crippen LogP contribution in [0.25, 0.3) is 0 Å². The fourth-order valence-corrected chi connectivity index (χ4v) is 5.60. The molecule has 0 amide bonds. The molecule has 1 N–H and O–H groups in total. The molecule has 0 bridgehead atoms. The molecule has 0 spiro atoms. The molecule has 31 heavy (non-hydrogen) atoms. The van der Waals surface area contributed by atoms with Gasteiger partial charge in [0, 0.05) is 11.7 Å². The van der Waals surface area contributed by atoms with Crippen molar-refractivity contribution < 1.29 is 23.1 Å². The predicted molar refractivity (Wildman–Crippen MR) is 122 cm³/mol. The standard InChI is InChI=1S/C25H37F3O2S/c1-31-23(17-13-19-11-15-22(16-12-19)25(26,27)28)18-14-21-9-6-8-20(21)7-4-2-3-5-10-24(29)30/h11-12,15-16,20-21,23H,2-10,13-14,17-18H2,1H3,(H,29,30)/t20-,21?,23?/m0/s1. The Balaban J connectivity index is 1.67. The number of hydrogen-bond acceptors (Lipinski definition) is 2. The van der Waals surface area contributed by atoms with Crippen molar-refractivity contribution in [2.75, 3.05) is 6.26 Å². The van der Waals surface area contributed by atoms with E-state index < -0.39 is 17.7 Å². The van der Waals surface area contributed by atoms with Crippen LogP contribution in [-0.4, -0.2) is 22.6 Å². The van der Waals surface area contributed by atoms with Crippen molar-refractivity contribution in [2.24, 2.45) is 11.8 Å². The van der Waals surface area contributed by atoms with E-state index in [4.69, 9.17) is 5.11 Å². The van der Waals surface area contributed by atoms with Gasteiger partial charge in [0.05, 0.1) is 5.56 Å². The summed E-state index contributed by atoms with van der Waals surface area (Å²) < 4.78 is 38.1. The molecule has 0 radical (unpaired) electrons. The average Bonchev–Trinajstić information content (AvgIpc) is 3.17. The van der Waals surface area contributed by atoms with Crippen LogP contribution in [0.1, 0.15) is 88.2 Å². The third-order valence-electron chi connectivity index (χ3n) is 6.76. The molecule has 1 aliphatic carbocycles. The Hall–Kier alpha value is -1.17. The molecule has 1 saturated carbocycles. The van der Waals surface area contributed by atoms with Crippen LogP contribution in [0, 0.1) is 11.8 Å². The number of aryl methyl sites for hydroxylation is 1. The van der Waals surface area contributed by atoms with Gasteiger partial charge in [-0.15, -0.1) is 0 Å². The number of benzene rings is 1. The molecule has 0 aliphatic heterocycles. The van der Waals surface area contributed by atoms with Crippen LogP contribution in [0.5, 0.6) is 0 Å². The Morgan fingerprint density at radius 1 is 1.03 bits per heavy atom. The molecular formula is C25H37F3O2S. The van der Waals surface area contributed by atoms with Crippen molar-refractivity contribution >= 4 is 17.7 Å². The Kier molecular flexibility index (Phi) is 11.3. The van der Waals surface area contributed by atoms with Gasteiger partial charge in [0.1, 0.15) is 0 Å². The topological polar surface area (TPSA) is 37.3 Å². The first-order chi connectivity index (χ1) is 14.8. The molecule has 2 rings (SSSR count). The van der Waals surface area contributed by atoms with E-state index in [1.54, 1.807) is 12.1 Å². The van der Waals surface area contributed by atoms with Crippen molar-refractivity contribution in [3.63, 3.8) is 0 Å². The van der Waals surface area contributed by atoms with Gasteiger partial charge in [-0.3, -0.25) is 4.79 Å². The van der Waals surface area contributed by atoms with Crippen LogP contribution >= 0.6 is 11.8 Å². The summed E-state index contributed by atoms with van der Waals surface area (Å²) in [5, 5.41) is 9.26. The molecule has 1 fully saturated rings. The first-order valence-electron chi connectivity index (χ1n) is 11.7. The summed E-state index contributed by atoms with van der Waals surface area (Å²) in [4.78, 5) is 10.6. The molecule has 2 unspecified atom stereocenters. The molecular weight excluding hydrogens is 421 g/mol. The van der Waals surface area contributed by atoms with Crippen LogP contribution < -0.4 is 0 Å². The number of hydrogen-bond donors (Lipinski definition) is 1. The number of carboxylic acids is 1. The number of rotatable bonds is 14. The molecule has 1 aromatic rings. The molecule has 1 aliphatic rings. The summed E-state index contributed by atoms with van der Waals surface area (Å²) >= 11 is 1.88. The zero-order chi connectivity index (χ0) is 22.7. The highest BCUT2D eigenvalue weighted by atomic mass is 32.2. The molecule has 0 heterocycles. The Labute approximate surface area is 189 Å². The number of aliphatic carboxylic acids is 1. The lowest BCUT2D eigenvalue weighted by molar-refractivity contribution is -0.138. The molecule has 1 aromatic carbocycles. The van der Waals surface area contributed by atoms with Crippen LogP contribution in [0.15, 0.2) is 24.3 Å². The zero-order valence-corrected chi connectivity index (χ0v) is 19.4. The van der Waals surface area contributed by atoms with E-state index in [2.05, 4.69) is 6.26 Å². The summed E-state index contributed by atoms with van der Waals surface area (Å²) in [7, 11) is 0. The molecule has 3 atom stereocenters. The minimum absolute atomic E-state index is 0.286. The van der Waals surface area contributed by atoms with E-state index in [1.165, 1.54) is 57.1 Å². The van der Waals surface area contributed by atoms with Gasteiger partial charge in [-0.25, -0.2) is 0 Å². The van der Waals surface area contributed by atoms with Gasteiger partial charge in [0.15, 0.2) is 0 Å². The third kappa shape index (κ3) is 9.88. The SMILES string of the molecule is CSC(CCc1ccc(C(F)(F)F)cc1)CCC1CCC[C@@H]1CCCCCCC(=O)O. The van der Waals surface area contributed by atoms with Gasteiger partial charge in [0.2, 0.25) is 0 Å². The number of carbonyl (C=O) groups is 1. The summed E-state index contributed by atoms with van der Waals surface area (Å²) in [6.07, 6.45) is 11.8. The highest BCUT2D eigenvalue weighted by molar-refractivity contribution is 7.99. The number of thioether (sulfide) groups is 1. The molecule has 176 valence electrons. The maximum absolute atomic E-state index is 12.7. The average molecular weight is 459 g/mol. The van der Waals surface area contributed by atoms with Gasteiger partial charge in [0.25, 0.3) is 0 Å². The second kappa shape index (κ2) is 13.4. The van der Waals surface area contributed by atoms with E-state index in [0.717, 1.165) is 49.5 Å². The minimum atomic E-state index is -4.27. The normalized spacial score (nSPS) is 20.1. The van der Waals surface area contributed by atoms with Crippen molar-refractivity contribution in [3.8, 4) is 0 Å². The Morgan fingerprint density at radius 2 is 1.68 bits per heavy atom. The molecule has 0 saturated heterocycles. The lowest BCUT2D eigenvalue weighted by Gasteiger charge is -2.22. The van der Waals surface area contributed by atoms with Crippen molar-refractivity contribution in [3.05, 3.63) is 35.4 Å². The highest BCUT2D eigenvalue weighted by Gasteiger charge is 2.30. The second-order valence-corrected chi connectivity index (χ2v) is 10.1. The smallest absolute Gasteiger partial charge is 0.416 e.